The molecule has 0 saturated heterocycles. The molecule has 0 saturated carbocycles. The molecule has 1 heterocycles. The van der Waals surface area contributed by atoms with E-state index in [1.165, 1.54) is 0 Å². The van der Waals surface area contributed by atoms with Gasteiger partial charge in [0.15, 0.2) is 4.92 Å². The van der Waals surface area contributed by atoms with Gasteiger partial charge in [-0.1, -0.05) is 0 Å². The Kier molecular flexibility index (Phi) is 1.66. The Bertz CT molecular complexity index is 338. The molecule has 0 fully saturated rings. The van der Waals surface area contributed by atoms with Gasteiger partial charge in [0.05, 0.1) is 6.07 Å². The molecule has 12 heavy (non-hydrogen) atoms. The highest BCUT2D eigenvalue weighted by Crippen LogP contribution is 1.97. The highest BCUT2D eigenvalue weighted by molar-refractivity contribution is 5.17. The molecular weight excluding hydrogens is 168 g/mol. The Morgan fingerprint density at radius 1 is 1.50 bits per heavy atom. The maximum absolute atomic E-state index is 10.8. The molecule has 0 atom stereocenters. The van der Waals surface area contributed by atoms with Crippen LogP contribution >= 0.6 is 0 Å². The first-order chi connectivity index (χ1) is 5.54. The van der Waals surface area contributed by atoms with Crippen LogP contribution in [0.2, 0.25) is 0 Å². The number of rotatable bonds is 1. The molecule has 0 radical (unpaired) electrons. The standard InChI is InChI=1S/C4H4N4O4/c5-3-1-2-6(9)4(7(3)10)8(11)12/h1-2H,5H2. The van der Waals surface area contributed by atoms with E-state index in [2.05, 4.69) is 0 Å². The van der Waals surface area contributed by atoms with Crippen molar-refractivity contribution < 1.29 is 14.4 Å². The van der Waals surface area contributed by atoms with Crippen molar-refractivity contribution in [2.45, 2.75) is 0 Å². The first-order valence-corrected chi connectivity index (χ1v) is 2.79. The Hall–Kier alpha value is -2.12. The van der Waals surface area contributed by atoms with Crippen molar-refractivity contribution in [1.29, 1.82) is 0 Å². The molecule has 8 nitrogen and oxygen atoms in total. The minimum atomic E-state index is -1.16. The van der Waals surface area contributed by atoms with Crippen molar-refractivity contribution in [3.05, 3.63) is 32.8 Å². The number of nitrogen functional groups attached to an aromatic ring is 1. The number of hydrogen-bond acceptors (Lipinski definition) is 5. The van der Waals surface area contributed by atoms with E-state index < -0.39 is 16.7 Å². The zero-order valence-corrected chi connectivity index (χ0v) is 5.71. The van der Waals surface area contributed by atoms with E-state index in [1.807, 2.05) is 0 Å². The highest BCUT2D eigenvalue weighted by Gasteiger charge is 2.33. The predicted octanol–water partition coefficient (Wildman–Crippen LogP) is -1.56. The summed E-state index contributed by atoms with van der Waals surface area (Å²) >= 11 is 0. The summed E-state index contributed by atoms with van der Waals surface area (Å²) in [6.45, 7) is 0. The van der Waals surface area contributed by atoms with Gasteiger partial charge in [0.2, 0.25) is 6.20 Å². The van der Waals surface area contributed by atoms with Crippen LogP contribution in [0.1, 0.15) is 0 Å². The minimum Gasteiger partial charge on any atom is -0.609 e. The first-order valence-electron chi connectivity index (χ1n) is 2.79. The zero-order valence-electron chi connectivity index (χ0n) is 5.71. The second kappa shape index (κ2) is 2.49. The van der Waals surface area contributed by atoms with E-state index in [4.69, 9.17) is 5.73 Å². The number of aromatic nitrogens is 2. The SMILES string of the molecule is Nc1cc[n+]([O-])c([N+](=O)[O-])[n+]1[O-]. The second-order valence-corrected chi connectivity index (χ2v) is 1.92. The van der Waals surface area contributed by atoms with Crippen LogP contribution in [0.25, 0.3) is 0 Å². The van der Waals surface area contributed by atoms with Gasteiger partial charge < -0.3 is 16.1 Å². The summed E-state index contributed by atoms with van der Waals surface area (Å²) in [6, 6.07) is 0.979. The molecule has 0 aromatic carbocycles. The average molecular weight is 172 g/mol. The monoisotopic (exact) mass is 172 g/mol. The van der Waals surface area contributed by atoms with Gasteiger partial charge in [-0.05, 0) is 9.46 Å². The van der Waals surface area contributed by atoms with Gasteiger partial charge in [-0.2, -0.15) is 0 Å². The van der Waals surface area contributed by atoms with Gasteiger partial charge in [0.1, 0.15) is 0 Å². The largest absolute Gasteiger partial charge is 0.776 e. The molecule has 1 rings (SSSR count). The van der Waals surface area contributed by atoms with Gasteiger partial charge in [0, 0.05) is 0 Å². The van der Waals surface area contributed by atoms with E-state index in [-0.39, 0.29) is 9.46 Å². The topological polar surface area (TPSA) is 123 Å². The predicted molar refractivity (Wildman–Crippen MR) is 35.4 cm³/mol. The van der Waals surface area contributed by atoms with Crippen LogP contribution < -0.4 is 15.2 Å². The number of hydrogen-bond donors (Lipinski definition) is 1. The maximum atomic E-state index is 10.8. The Morgan fingerprint density at radius 3 is 2.50 bits per heavy atom. The molecule has 0 aliphatic carbocycles. The van der Waals surface area contributed by atoms with E-state index in [0.29, 0.717) is 0 Å². The first kappa shape index (κ1) is 7.98. The molecule has 1 aromatic rings. The van der Waals surface area contributed by atoms with Crippen molar-refractivity contribution in [1.82, 2.24) is 0 Å². The lowest BCUT2D eigenvalue weighted by molar-refractivity contribution is -0.794. The van der Waals surface area contributed by atoms with Gasteiger partial charge in [-0.25, -0.2) is 10.1 Å². The van der Waals surface area contributed by atoms with Gasteiger partial charge in [-0.15, -0.1) is 0 Å². The third-order valence-electron chi connectivity index (χ3n) is 1.16. The number of nitrogens with two attached hydrogens (primary N) is 1. The fourth-order valence-corrected chi connectivity index (χ4v) is 0.638. The van der Waals surface area contributed by atoms with Crippen LogP contribution in [0.5, 0.6) is 0 Å². The van der Waals surface area contributed by atoms with Crippen LogP contribution in [0, 0.1) is 20.5 Å². The molecule has 2 N–H and O–H groups in total. The highest BCUT2D eigenvalue weighted by atomic mass is 16.6. The lowest BCUT2D eigenvalue weighted by atomic mass is 10.6. The molecule has 0 bridgehead atoms. The smallest absolute Gasteiger partial charge is 0.609 e. The van der Waals surface area contributed by atoms with E-state index in [1.54, 1.807) is 0 Å². The summed E-state index contributed by atoms with van der Waals surface area (Å²) in [4.78, 5) is 9.00. The van der Waals surface area contributed by atoms with E-state index in [0.717, 1.165) is 12.3 Å². The summed E-state index contributed by atoms with van der Waals surface area (Å²) < 4.78 is -0.406. The Balaban J connectivity index is 3.43. The van der Waals surface area contributed by atoms with Crippen molar-refractivity contribution in [2.24, 2.45) is 0 Å². The molecule has 0 unspecified atom stereocenters. The summed E-state index contributed by atoms with van der Waals surface area (Å²) in [7, 11) is 0. The van der Waals surface area contributed by atoms with Crippen molar-refractivity contribution in [3.63, 3.8) is 0 Å². The summed E-state index contributed by atoms with van der Waals surface area (Å²) in [5.41, 5.74) is 5.02. The van der Waals surface area contributed by atoms with Gasteiger partial charge >= 0.3 is 11.8 Å². The Morgan fingerprint density at radius 2 is 2.08 bits per heavy atom. The molecule has 0 spiro atoms. The van der Waals surface area contributed by atoms with E-state index >= 15 is 0 Å². The summed E-state index contributed by atoms with van der Waals surface area (Å²) in [6.07, 6.45) is 0.794. The molecule has 1 aromatic heterocycles. The number of anilines is 1. The van der Waals surface area contributed by atoms with Crippen LogP contribution in [0.3, 0.4) is 0 Å². The van der Waals surface area contributed by atoms with Crippen molar-refractivity contribution in [2.75, 3.05) is 5.73 Å². The number of nitro groups is 1. The van der Waals surface area contributed by atoms with Gasteiger partial charge in [0.25, 0.3) is 0 Å². The van der Waals surface area contributed by atoms with E-state index in [9.17, 15) is 20.5 Å². The van der Waals surface area contributed by atoms with Crippen LogP contribution in [-0.4, -0.2) is 4.92 Å². The van der Waals surface area contributed by atoms with Crippen LogP contribution in [-0.2, 0) is 0 Å². The Labute approximate surface area is 65.8 Å². The lowest BCUT2D eigenvalue weighted by Gasteiger charge is -1.97. The average Bonchev–Trinajstić information content (AvgIpc) is 1.97. The van der Waals surface area contributed by atoms with Crippen molar-refractivity contribution in [3.8, 4) is 0 Å². The van der Waals surface area contributed by atoms with Gasteiger partial charge in [-0.3, -0.25) is 0 Å². The van der Waals surface area contributed by atoms with Crippen LogP contribution in [0.4, 0.5) is 11.8 Å². The lowest BCUT2D eigenvalue weighted by Crippen LogP contribution is -2.46. The molecule has 0 amide bonds. The van der Waals surface area contributed by atoms with Crippen molar-refractivity contribution >= 4 is 11.8 Å². The summed E-state index contributed by atoms with van der Waals surface area (Å²) in [5.74, 6) is -1.55. The summed E-state index contributed by atoms with van der Waals surface area (Å²) in [5, 5.41) is 31.5. The maximum Gasteiger partial charge on any atom is 0.776 e. The third kappa shape index (κ3) is 1.05. The normalized spacial score (nSPS) is 9.67. The molecular formula is C4H4N4O4. The fourth-order valence-electron chi connectivity index (χ4n) is 0.638. The quantitative estimate of drug-likeness (QED) is 0.237. The molecule has 8 heteroatoms. The minimum absolute atomic E-state index is 0.163. The fraction of sp³-hybridized carbons (Fsp3) is 0. The molecule has 0 aliphatic heterocycles. The molecule has 64 valence electrons. The molecule has 0 aliphatic rings. The third-order valence-corrected chi connectivity index (χ3v) is 1.16. The second-order valence-electron chi connectivity index (χ2n) is 1.92. The van der Waals surface area contributed by atoms with Crippen LogP contribution in [0.15, 0.2) is 12.3 Å². The zero-order chi connectivity index (χ0) is 9.30. The number of nitrogens with zero attached hydrogens (tertiary/aromatic N) is 3.